The molecular formula is C11H21N3O. The van der Waals surface area contributed by atoms with Crippen molar-refractivity contribution >= 4 is 5.91 Å². The van der Waals surface area contributed by atoms with Crippen LogP contribution in [0.15, 0.2) is 0 Å². The van der Waals surface area contributed by atoms with Crippen molar-refractivity contribution in [3.8, 4) is 0 Å². The normalized spacial score (nSPS) is 33.7. The fourth-order valence-electron chi connectivity index (χ4n) is 2.48. The molecule has 15 heavy (non-hydrogen) atoms. The summed E-state index contributed by atoms with van der Waals surface area (Å²) in [6.45, 7) is 3.82. The van der Waals surface area contributed by atoms with Gasteiger partial charge in [0.05, 0.1) is 0 Å². The van der Waals surface area contributed by atoms with Crippen molar-refractivity contribution < 1.29 is 4.79 Å². The molecule has 1 aliphatic carbocycles. The minimum absolute atomic E-state index is 0.264. The van der Waals surface area contributed by atoms with Crippen molar-refractivity contribution in [2.75, 3.05) is 40.3 Å². The summed E-state index contributed by atoms with van der Waals surface area (Å²) in [7, 11) is 4.04. The highest BCUT2D eigenvalue weighted by Gasteiger charge is 2.58. The molecule has 2 rings (SSSR count). The van der Waals surface area contributed by atoms with E-state index < -0.39 is 0 Å². The highest BCUT2D eigenvalue weighted by atomic mass is 16.2. The summed E-state index contributed by atoms with van der Waals surface area (Å²) in [5.74, 6) is 0.551. The molecule has 2 N–H and O–H groups in total. The molecule has 0 aromatic rings. The summed E-state index contributed by atoms with van der Waals surface area (Å²) < 4.78 is 0. The molecule has 2 aliphatic rings. The molecule has 1 amide bonds. The number of likely N-dealkylation sites (N-methyl/N-ethyl adjacent to an activating group) is 1. The van der Waals surface area contributed by atoms with Crippen molar-refractivity contribution in [3.63, 3.8) is 0 Å². The van der Waals surface area contributed by atoms with Gasteiger partial charge in [-0.1, -0.05) is 0 Å². The van der Waals surface area contributed by atoms with Crippen LogP contribution >= 0.6 is 0 Å². The Morgan fingerprint density at radius 1 is 1.60 bits per heavy atom. The van der Waals surface area contributed by atoms with E-state index in [-0.39, 0.29) is 11.8 Å². The standard InChI is InChI=1S/C11H21N3O/c1-14(2)6-5-13-10(15)9-7-11(9)3-4-12-8-11/h9,12H,3-8H2,1-2H3,(H,13,15). The molecule has 1 saturated carbocycles. The van der Waals surface area contributed by atoms with Gasteiger partial charge in [0.15, 0.2) is 0 Å². The van der Waals surface area contributed by atoms with Crippen LogP contribution in [0.25, 0.3) is 0 Å². The zero-order valence-electron chi connectivity index (χ0n) is 9.68. The van der Waals surface area contributed by atoms with Gasteiger partial charge in [-0.25, -0.2) is 0 Å². The molecule has 1 spiro atoms. The molecular weight excluding hydrogens is 190 g/mol. The van der Waals surface area contributed by atoms with Crippen LogP contribution in [0.1, 0.15) is 12.8 Å². The van der Waals surface area contributed by atoms with E-state index in [1.54, 1.807) is 0 Å². The van der Waals surface area contributed by atoms with E-state index in [1.165, 1.54) is 6.42 Å². The van der Waals surface area contributed by atoms with E-state index in [0.29, 0.717) is 5.41 Å². The van der Waals surface area contributed by atoms with Crippen LogP contribution < -0.4 is 10.6 Å². The van der Waals surface area contributed by atoms with Gasteiger partial charge >= 0.3 is 0 Å². The van der Waals surface area contributed by atoms with Gasteiger partial charge in [-0.2, -0.15) is 0 Å². The summed E-state index contributed by atoms with van der Waals surface area (Å²) in [5, 5.41) is 6.36. The molecule has 1 saturated heterocycles. The first-order chi connectivity index (χ1) is 7.14. The van der Waals surface area contributed by atoms with Crippen molar-refractivity contribution in [3.05, 3.63) is 0 Å². The fraction of sp³-hybridized carbons (Fsp3) is 0.909. The smallest absolute Gasteiger partial charge is 0.223 e. The minimum atomic E-state index is 0.264. The molecule has 0 radical (unpaired) electrons. The Hall–Kier alpha value is -0.610. The number of nitrogens with one attached hydrogen (secondary N) is 2. The van der Waals surface area contributed by atoms with Crippen LogP contribution in [0.5, 0.6) is 0 Å². The van der Waals surface area contributed by atoms with Gasteiger partial charge in [-0.3, -0.25) is 4.79 Å². The number of rotatable bonds is 4. The second-order valence-corrected chi connectivity index (χ2v) is 5.14. The SMILES string of the molecule is CN(C)CCNC(=O)C1CC12CCNC2. The van der Waals surface area contributed by atoms with Crippen LogP contribution in [-0.2, 0) is 4.79 Å². The first kappa shape index (κ1) is 10.9. The van der Waals surface area contributed by atoms with Gasteiger partial charge in [-0.05, 0) is 38.9 Å². The number of carbonyl (C=O) groups excluding carboxylic acids is 1. The molecule has 4 nitrogen and oxygen atoms in total. The van der Waals surface area contributed by atoms with Gasteiger partial charge in [-0.15, -0.1) is 0 Å². The van der Waals surface area contributed by atoms with Crippen LogP contribution in [0.4, 0.5) is 0 Å². The topological polar surface area (TPSA) is 44.4 Å². The maximum absolute atomic E-state index is 11.8. The molecule has 0 aromatic heterocycles. The van der Waals surface area contributed by atoms with Crippen LogP contribution in [-0.4, -0.2) is 51.1 Å². The molecule has 2 unspecified atom stereocenters. The first-order valence-electron chi connectivity index (χ1n) is 5.77. The third kappa shape index (κ3) is 2.32. The first-order valence-corrected chi connectivity index (χ1v) is 5.77. The average Bonchev–Trinajstić information content (AvgIpc) is 2.64. The average molecular weight is 211 g/mol. The summed E-state index contributed by atoms with van der Waals surface area (Å²) in [6, 6.07) is 0. The zero-order chi connectivity index (χ0) is 10.9. The van der Waals surface area contributed by atoms with Crippen molar-refractivity contribution in [1.29, 1.82) is 0 Å². The number of hydrogen-bond acceptors (Lipinski definition) is 3. The maximum Gasteiger partial charge on any atom is 0.223 e. The van der Waals surface area contributed by atoms with Gasteiger partial charge in [0.1, 0.15) is 0 Å². The lowest BCUT2D eigenvalue weighted by molar-refractivity contribution is -0.123. The quantitative estimate of drug-likeness (QED) is 0.669. The Bertz CT molecular complexity index is 246. The van der Waals surface area contributed by atoms with Crippen LogP contribution in [0, 0.1) is 11.3 Å². The van der Waals surface area contributed by atoms with E-state index in [1.807, 2.05) is 14.1 Å². The molecule has 0 bridgehead atoms. The van der Waals surface area contributed by atoms with Crippen LogP contribution in [0.2, 0.25) is 0 Å². The summed E-state index contributed by atoms with van der Waals surface area (Å²) in [4.78, 5) is 13.9. The summed E-state index contributed by atoms with van der Waals surface area (Å²) in [6.07, 6.45) is 2.27. The van der Waals surface area contributed by atoms with E-state index >= 15 is 0 Å². The monoisotopic (exact) mass is 211 g/mol. The number of carbonyl (C=O) groups is 1. The highest BCUT2D eigenvalue weighted by molar-refractivity contribution is 5.82. The number of hydrogen-bond donors (Lipinski definition) is 2. The minimum Gasteiger partial charge on any atom is -0.355 e. The second-order valence-electron chi connectivity index (χ2n) is 5.14. The summed E-state index contributed by atoms with van der Waals surface area (Å²) >= 11 is 0. The predicted molar refractivity (Wildman–Crippen MR) is 59.6 cm³/mol. The fourth-order valence-corrected chi connectivity index (χ4v) is 2.48. The molecule has 2 fully saturated rings. The second kappa shape index (κ2) is 4.10. The highest BCUT2D eigenvalue weighted by Crippen LogP contribution is 2.56. The Kier molecular flexibility index (Phi) is 2.98. The van der Waals surface area contributed by atoms with Crippen molar-refractivity contribution in [2.24, 2.45) is 11.3 Å². The van der Waals surface area contributed by atoms with Gasteiger partial charge in [0, 0.05) is 25.6 Å². The van der Waals surface area contributed by atoms with Gasteiger partial charge in [0.25, 0.3) is 0 Å². The molecule has 1 heterocycles. The largest absolute Gasteiger partial charge is 0.355 e. The molecule has 2 atom stereocenters. The van der Waals surface area contributed by atoms with Gasteiger partial charge < -0.3 is 15.5 Å². The Morgan fingerprint density at radius 2 is 2.40 bits per heavy atom. The van der Waals surface area contributed by atoms with Crippen LogP contribution in [0.3, 0.4) is 0 Å². The Balaban J connectivity index is 1.70. The zero-order valence-corrected chi connectivity index (χ0v) is 9.68. The Labute approximate surface area is 91.4 Å². The van der Waals surface area contributed by atoms with E-state index in [4.69, 9.17) is 0 Å². The van der Waals surface area contributed by atoms with Gasteiger partial charge in [0.2, 0.25) is 5.91 Å². The van der Waals surface area contributed by atoms with E-state index in [9.17, 15) is 4.79 Å². The van der Waals surface area contributed by atoms with Crippen molar-refractivity contribution in [1.82, 2.24) is 15.5 Å². The molecule has 0 aromatic carbocycles. The lowest BCUT2D eigenvalue weighted by Gasteiger charge is -2.11. The van der Waals surface area contributed by atoms with E-state index in [2.05, 4.69) is 15.5 Å². The van der Waals surface area contributed by atoms with E-state index in [0.717, 1.165) is 32.6 Å². The van der Waals surface area contributed by atoms with Crippen molar-refractivity contribution in [2.45, 2.75) is 12.8 Å². The molecule has 4 heteroatoms. The number of amides is 1. The maximum atomic E-state index is 11.8. The summed E-state index contributed by atoms with van der Waals surface area (Å²) in [5.41, 5.74) is 0.336. The lowest BCUT2D eigenvalue weighted by Crippen LogP contribution is -2.33. The predicted octanol–water partition coefficient (Wildman–Crippen LogP) is -0.336. The lowest BCUT2D eigenvalue weighted by atomic mass is 10.0. The Morgan fingerprint density at radius 3 is 3.00 bits per heavy atom. The molecule has 86 valence electrons. The number of nitrogens with zero attached hydrogens (tertiary/aromatic N) is 1. The molecule has 1 aliphatic heterocycles. The third-order valence-electron chi connectivity index (χ3n) is 3.64. The third-order valence-corrected chi connectivity index (χ3v) is 3.64.